The SMILES string of the molecule is CC(=O)OC1CC(C)OC2OC3CC4CCC5C(CCC6(C)C(C7=CC(=O)OC7)CCC56O)C4(O)CC3OC12O. The zero-order valence-electron chi connectivity index (χ0n) is 23.5. The minimum atomic E-state index is -1.97. The van der Waals surface area contributed by atoms with Gasteiger partial charge in [0.05, 0.1) is 29.5 Å². The van der Waals surface area contributed by atoms with Crippen LogP contribution in [-0.4, -0.2) is 81.6 Å². The topological polar surface area (TPSA) is 141 Å². The molecule has 222 valence electrons. The van der Waals surface area contributed by atoms with Crippen molar-refractivity contribution in [1.82, 2.24) is 0 Å². The van der Waals surface area contributed by atoms with Crippen molar-refractivity contribution in [2.24, 2.45) is 29.1 Å². The van der Waals surface area contributed by atoms with Gasteiger partial charge in [-0.15, -0.1) is 0 Å². The van der Waals surface area contributed by atoms with Crippen LogP contribution < -0.4 is 0 Å². The first-order chi connectivity index (χ1) is 18.9. The maximum absolute atomic E-state index is 12.5. The molecule has 0 spiro atoms. The van der Waals surface area contributed by atoms with Crippen molar-refractivity contribution in [2.45, 2.75) is 126 Å². The van der Waals surface area contributed by atoms with Crippen LogP contribution in [0.4, 0.5) is 0 Å². The van der Waals surface area contributed by atoms with Gasteiger partial charge in [-0.3, -0.25) is 4.79 Å². The summed E-state index contributed by atoms with van der Waals surface area (Å²) in [5.41, 5.74) is -1.45. The third kappa shape index (κ3) is 3.69. The number of cyclic esters (lactones) is 1. The van der Waals surface area contributed by atoms with E-state index in [0.717, 1.165) is 37.7 Å². The minimum absolute atomic E-state index is 0.0243. The van der Waals surface area contributed by atoms with Crippen LogP contribution in [0, 0.1) is 29.1 Å². The molecule has 3 heterocycles. The molecule has 6 fully saturated rings. The zero-order valence-corrected chi connectivity index (χ0v) is 23.5. The molecular formula is C30H42O10. The maximum Gasteiger partial charge on any atom is 0.331 e. The molecule has 3 N–H and O–H groups in total. The lowest BCUT2D eigenvalue weighted by Gasteiger charge is -2.64. The summed E-state index contributed by atoms with van der Waals surface area (Å²) in [6.45, 7) is 5.60. The molecule has 13 unspecified atom stereocenters. The van der Waals surface area contributed by atoms with Crippen molar-refractivity contribution >= 4 is 11.9 Å². The third-order valence-electron chi connectivity index (χ3n) is 12.1. The molecule has 40 heavy (non-hydrogen) atoms. The molecule has 7 aliphatic rings. The van der Waals surface area contributed by atoms with Gasteiger partial charge in [-0.2, -0.15) is 0 Å². The third-order valence-corrected chi connectivity index (χ3v) is 12.1. The van der Waals surface area contributed by atoms with E-state index < -0.39 is 46.9 Å². The smallest absolute Gasteiger partial charge is 0.331 e. The highest BCUT2D eigenvalue weighted by Crippen LogP contribution is 2.68. The van der Waals surface area contributed by atoms with E-state index in [-0.39, 0.29) is 54.7 Å². The molecule has 7 rings (SSSR count). The predicted molar refractivity (Wildman–Crippen MR) is 137 cm³/mol. The maximum atomic E-state index is 12.5. The van der Waals surface area contributed by atoms with E-state index in [1.165, 1.54) is 6.92 Å². The number of rotatable bonds is 2. The molecule has 0 amide bonds. The summed E-state index contributed by atoms with van der Waals surface area (Å²) in [6.07, 6.45) is 3.93. The second-order valence-electron chi connectivity index (χ2n) is 13.9. The monoisotopic (exact) mass is 562 g/mol. The Morgan fingerprint density at radius 3 is 2.55 bits per heavy atom. The molecule has 4 aliphatic carbocycles. The van der Waals surface area contributed by atoms with Gasteiger partial charge in [-0.25, -0.2) is 4.79 Å². The van der Waals surface area contributed by atoms with Crippen LogP contribution in [0.5, 0.6) is 0 Å². The Hall–Kier alpha value is -1.56. The van der Waals surface area contributed by atoms with Crippen molar-refractivity contribution in [3.8, 4) is 0 Å². The standard InChI is InChI=1S/C30H42O10/c1-15-10-24(38-16(2)31)30(35)26(37-15)39-22-12-18-4-5-21-20(28(18,33)13-23(22)40-30)6-8-27(3)19(7-9-29(21,27)34)17-11-25(32)36-14-17/h11,15,18-24,26,33-35H,4-10,12-14H2,1-3H3. The highest BCUT2D eigenvalue weighted by Gasteiger charge is 2.70. The van der Waals surface area contributed by atoms with Crippen molar-refractivity contribution < 1.29 is 48.6 Å². The molecule has 10 nitrogen and oxygen atoms in total. The lowest BCUT2D eigenvalue weighted by molar-refractivity contribution is -0.459. The Balaban J connectivity index is 1.15. The van der Waals surface area contributed by atoms with Gasteiger partial charge in [0, 0.05) is 31.3 Å². The average Bonchev–Trinajstić information content (AvgIpc) is 3.42. The van der Waals surface area contributed by atoms with Crippen LogP contribution in [0.3, 0.4) is 0 Å². The van der Waals surface area contributed by atoms with E-state index in [1.807, 2.05) is 6.92 Å². The normalized spacial score (nSPS) is 55.1. The van der Waals surface area contributed by atoms with Crippen LogP contribution in [0.2, 0.25) is 0 Å². The summed E-state index contributed by atoms with van der Waals surface area (Å²) < 4.78 is 29.2. The van der Waals surface area contributed by atoms with E-state index in [2.05, 4.69) is 6.92 Å². The molecule has 0 radical (unpaired) electrons. The van der Waals surface area contributed by atoms with Crippen molar-refractivity contribution in [2.75, 3.05) is 6.61 Å². The number of aliphatic hydroxyl groups is 3. The van der Waals surface area contributed by atoms with Gasteiger partial charge in [0.15, 0.2) is 6.10 Å². The van der Waals surface area contributed by atoms with Crippen molar-refractivity contribution in [1.29, 1.82) is 0 Å². The van der Waals surface area contributed by atoms with Gasteiger partial charge in [-0.05, 0) is 81.1 Å². The first-order valence-corrected chi connectivity index (χ1v) is 15.1. The fourth-order valence-electron chi connectivity index (χ4n) is 10.2. The highest BCUT2D eigenvalue weighted by atomic mass is 16.8. The summed E-state index contributed by atoms with van der Waals surface area (Å²) >= 11 is 0. The first-order valence-electron chi connectivity index (χ1n) is 15.1. The summed E-state index contributed by atoms with van der Waals surface area (Å²) in [6, 6.07) is 0. The first kappa shape index (κ1) is 27.3. The summed E-state index contributed by atoms with van der Waals surface area (Å²) in [5.74, 6) is -2.94. The number of hydrogen-bond acceptors (Lipinski definition) is 10. The van der Waals surface area contributed by atoms with Crippen molar-refractivity contribution in [3.63, 3.8) is 0 Å². The van der Waals surface area contributed by atoms with E-state index >= 15 is 0 Å². The van der Waals surface area contributed by atoms with Gasteiger partial charge in [0.25, 0.3) is 5.79 Å². The van der Waals surface area contributed by atoms with E-state index in [1.54, 1.807) is 6.08 Å². The number of ether oxygens (including phenoxy) is 5. The van der Waals surface area contributed by atoms with Crippen LogP contribution in [0.25, 0.3) is 0 Å². The fourth-order valence-corrected chi connectivity index (χ4v) is 10.2. The Bertz CT molecular complexity index is 1120. The molecular weight excluding hydrogens is 520 g/mol. The molecule has 3 aliphatic heterocycles. The number of carbonyl (C=O) groups excluding carboxylic acids is 2. The van der Waals surface area contributed by atoms with E-state index in [9.17, 15) is 24.9 Å². The molecule has 0 aromatic carbocycles. The molecule has 0 aromatic heterocycles. The number of esters is 2. The summed E-state index contributed by atoms with van der Waals surface area (Å²) in [4.78, 5) is 23.7. The predicted octanol–water partition coefficient (Wildman–Crippen LogP) is 2.12. The quantitative estimate of drug-likeness (QED) is 0.339. The Labute approximate surface area is 234 Å². The number of carbonyl (C=O) groups is 2. The summed E-state index contributed by atoms with van der Waals surface area (Å²) in [7, 11) is 0. The second-order valence-corrected chi connectivity index (χ2v) is 13.9. The molecule has 10 heteroatoms. The number of fused-ring (bicyclic) bond motifs is 7. The minimum Gasteiger partial charge on any atom is -0.458 e. The Morgan fingerprint density at radius 2 is 1.82 bits per heavy atom. The fraction of sp³-hybridized carbons (Fsp3) is 0.867. The van der Waals surface area contributed by atoms with Gasteiger partial charge in [0.2, 0.25) is 6.29 Å². The highest BCUT2D eigenvalue weighted by molar-refractivity contribution is 5.85. The van der Waals surface area contributed by atoms with E-state index in [0.29, 0.717) is 19.4 Å². The average molecular weight is 563 g/mol. The Kier molecular flexibility index (Phi) is 6.12. The number of hydrogen-bond donors (Lipinski definition) is 3. The van der Waals surface area contributed by atoms with Gasteiger partial charge in [-0.1, -0.05) is 6.92 Å². The van der Waals surface area contributed by atoms with Crippen molar-refractivity contribution in [3.05, 3.63) is 11.6 Å². The van der Waals surface area contributed by atoms with Crippen LogP contribution in [0.1, 0.15) is 78.6 Å². The molecule has 0 bridgehead atoms. The zero-order chi connectivity index (χ0) is 28.2. The lowest BCUT2D eigenvalue weighted by atomic mass is 9.46. The molecule has 13 atom stereocenters. The lowest BCUT2D eigenvalue weighted by Crippen LogP contribution is -2.72. The Morgan fingerprint density at radius 1 is 1.02 bits per heavy atom. The van der Waals surface area contributed by atoms with E-state index in [4.69, 9.17) is 23.7 Å². The van der Waals surface area contributed by atoms with Crippen LogP contribution >= 0.6 is 0 Å². The van der Waals surface area contributed by atoms with Gasteiger partial charge >= 0.3 is 11.9 Å². The van der Waals surface area contributed by atoms with Crippen LogP contribution in [-0.2, 0) is 33.3 Å². The largest absolute Gasteiger partial charge is 0.458 e. The molecule has 2 saturated heterocycles. The van der Waals surface area contributed by atoms with Crippen LogP contribution in [0.15, 0.2) is 11.6 Å². The molecule has 4 saturated carbocycles. The van der Waals surface area contributed by atoms with Gasteiger partial charge in [0.1, 0.15) is 6.61 Å². The van der Waals surface area contributed by atoms with Gasteiger partial charge < -0.3 is 39.0 Å². The summed E-state index contributed by atoms with van der Waals surface area (Å²) in [5, 5.41) is 36.5. The second kappa shape index (κ2) is 8.97. The molecule has 0 aromatic rings.